The average molecular weight is 258 g/mol. The molecule has 1 aliphatic rings. The maximum absolute atomic E-state index is 9.21. The molecule has 2 N–H and O–H groups in total. The van der Waals surface area contributed by atoms with E-state index in [1.54, 1.807) is 12.1 Å². The summed E-state index contributed by atoms with van der Waals surface area (Å²) in [7, 11) is 0. The Labute approximate surface area is 115 Å². The lowest BCUT2D eigenvalue weighted by atomic mass is 9.92. The highest BCUT2D eigenvalue weighted by atomic mass is 15.3. The molecule has 2 atom stereocenters. The minimum absolute atomic E-state index is 0.610. The number of hydrogen-bond acceptors (Lipinski definition) is 3. The number of aromatic nitrogens is 1. The van der Waals surface area contributed by atoms with Crippen molar-refractivity contribution in [2.75, 3.05) is 23.7 Å². The van der Waals surface area contributed by atoms with E-state index < -0.39 is 0 Å². The van der Waals surface area contributed by atoms with Gasteiger partial charge >= 0.3 is 0 Å². The molecule has 1 aliphatic heterocycles. The van der Waals surface area contributed by atoms with Crippen molar-refractivity contribution in [3.05, 3.63) is 24.4 Å². The second-order valence-electron chi connectivity index (χ2n) is 5.67. The van der Waals surface area contributed by atoms with Gasteiger partial charge in [0.25, 0.3) is 0 Å². The van der Waals surface area contributed by atoms with E-state index in [0.717, 1.165) is 18.9 Å². The Morgan fingerprint density at radius 2 is 2.11 bits per heavy atom. The highest BCUT2D eigenvalue weighted by Gasteiger charge is 2.26. The van der Waals surface area contributed by atoms with E-state index in [0.29, 0.717) is 29.8 Å². The Morgan fingerprint density at radius 1 is 1.47 bits per heavy atom. The Kier molecular flexibility index (Phi) is 3.84. The number of allylic oxidation sites excluding steroid dienone is 1. The first-order valence-corrected chi connectivity index (χ1v) is 6.81. The summed E-state index contributed by atoms with van der Waals surface area (Å²) in [6.07, 6.45) is 3.06. The molecule has 4 nitrogen and oxygen atoms in total. The Balaban J connectivity index is 2.40. The molecule has 0 radical (unpaired) electrons. The van der Waals surface area contributed by atoms with Crippen molar-refractivity contribution in [1.29, 1.82) is 5.26 Å². The molecule has 0 aliphatic carbocycles. The summed E-state index contributed by atoms with van der Waals surface area (Å²) in [5, 5.41) is 9.21. The van der Waals surface area contributed by atoms with E-state index in [2.05, 4.69) is 31.4 Å². The van der Waals surface area contributed by atoms with Crippen molar-refractivity contribution in [1.82, 2.24) is 4.57 Å². The summed E-state index contributed by atoms with van der Waals surface area (Å²) in [5.41, 5.74) is 7.43. The molecule has 0 saturated carbocycles. The molecule has 2 unspecified atom stereocenters. The molecule has 4 heteroatoms. The first-order chi connectivity index (χ1) is 9.06. The number of nitrogens with two attached hydrogens (primary N) is 1. The molecule has 102 valence electrons. The maximum Gasteiger partial charge on any atom is 0.133 e. The van der Waals surface area contributed by atoms with Crippen LogP contribution in [0.4, 0.5) is 11.5 Å². The summed E-state index contributed by atoms with van der Waals surface area (Å²) >= 11 is 0. The Morgan fingerprint density at radius 3 is 2.63 bits per heavy atom. The van der Waals surface area contributed by atoms with Crippen LogP contribution in [0.3, 0.4) is 0 Å². The van der Waals surface area contributed by atoms with Crippen molar-refractivity contribution < 1.29 is 0 Å². The van der Waals surface area contributed by atoms with Crippen LogP contribution in [0, 0.1) is 23.2 Å². The van der Waals surface area contributed by atoms with E-state index in [1.807, 2.05) is 4.57 Å². The van der Waals surface area contributed by atoms with Gasteiger partial charge in [-0.05, 0) is 24.3 Å². The molecule has 1 aromatic rings. The van der Waals surface area contributed by atoms with Gasteiger partial charge in [-0.2, -0.15) is 5.26 Å². The smallest absolute Gasteiger partial charge is 0.133 e. The van der Waals surface area contributed by atoms with Gasteiger partial charge in [0.1, 0.15) is 17.6 Å². The predicted octanol–water partition coefficient (Wildman–Crippen LogP) is 2.61. The molecule has 1 aromatic heterocycles. The molecule has 0 aromatic carbocycles. The van der Waals surface area contributed by atoms with Crippen molar-refractivity contribution in [2.45, 2.75) is 26.8 Å². The van der Waals surface area contributed by atoms with Gasteiger partial charge in [0.05, 0.1) is 5.69 Å². The van der Waals surface area contributed by atoms with Gasteiger partial charge in [0, 0.05) is 19.6 Å². The van der Waals surface area contributed by atoms with Gasteiger partial charge < -0.3 is 15.2 Å². The van der Waals surface area contributed by atoms with Crippen LogP contribution in [0.2, 0.25) is 0 Å². The predicted molar refractivity (Wildman–Crippen MR) is 78.9 cm³/mol. The van der Waals surface area contributed by atoms with E-state index >= 15 is 0 Å². The van der Waals surface area contributed by atoms with Crippen molar-refractivity contribution in [2.24, 2.45) is 11.8 Å². The molecular weight excluding hydrogens is 236 g/mol. The fraction of sp³-hybridized carbons (Fsp3) is 0.533. The quantitative estimate of drug-likeness (QED) is 0.848. The number of nitrogens with zero attached hydrogens (tertiary/aromatic N) is 3. The number of nitrogen functional groups attached to an aromatic ring is 1. The molecule has 1 saturated heterocycles. The van der Waals surface area contributed by atoms with Crippen LogP contribution in [0.25, 0.3) is 0 Å². The number of hydrogen-bond donors (Lipinski definition) is 1. The third-order valence-electron chi connectivity index (χ3n) is 3.69. The molecule has 19 heavy (non-hydrogen) atoms. The second kappa shape index (κ2) is 5.40. The largest absolute Gasteiger partial charge is 0.396 e. The first-order valence-electron chi connectivity index (χ1n) is 6.81. The van der Waals surface area contributed by atoms with Crippen LogP contribution in [-0.4, -0.2) is 17.7 Å². The van der Waals surface area contributed by atoms with Gasteiger partial charge in [-0.25, -0.2) is 0 Å². The minimum atomic E-state index is 0.610. The van der Waals surface area contributed by atoms with Crippen molar-refractivity contribution >= 4 is 11.5 Å². The molecule has 0 spiro atoms. The van der Waals surface area contributed by atoms with Crippen LogP contribution in [0.5, 0.6) is 0 Å². The molecular formula is C15H22N4. The van der Waals surface area contributed by atoms with E-state index in [1.165, 1.54) is 6.42 Å². The standard InChI is InChI=1S/C15H22N4/c1-4-5-19-13(8-16)7-14(17)15(19)18-9-11(2)6-12(3)10-18/h4,7,11-12H,1,5-6,9-10,17H2,2-3H3. The summed E-state index contributed by atoms with van der Waals surface area (Å²) in [5.74, 6) is 2.29. The lowest BCUT2D eigenvalue weighted by molar-refractivity contribution is 0.353. The summed E-state index contributed by atoms with van der Waals surface area (Å²) in [6.45, 7) is 10.9. The first kappa shape index (κ1) is 13.5. The molecule has 0 amide bonds. The summed E-state index contributed by atoms with van der Waals surface area (Å²) in [6, 6.07) is 3.98. The van der Waals surface area contributed by atoms with E-state index in [4.69, 9.17) is 5.73 Å². The number of nitriles is 1. The van der Waals surface area contributed by atoms with Gasteiger partial charge in [-0.3, -0.25) is 0 Å². The lowest BCUT2D eigenvalue weighted by Crippen LogP contribution is -2.40. The van der Waals surface area contributed by atoms with Gasteiger partial charge in [-0.15, -0.1) is 6.58 Å². The van der Waals surface area contributed by atoms with Crippen molar-refractivity contribution in [3.63, 3.8) is 0 Å². The second-order valence-corrected chi connectivity index (χ2v) is 5.67. The third-order valence-corrected chi connectivity index (χ3v) is 3.69. The van der Waals surface area contributed by atoms with Gasteiger partial charge in [0.15, 0.2) is 0 Å². The molecule has 1 fully saturated rings. The highest BCUT2D eigenvalue weighted by Crippen LogP contribution is 2.32. The summed E-state index contributed by atoms with van der Waals surface area (Å²) < 4.78 is 1.97. The molecule has 0 bridgehead atoms. The fourth-order valence-electron chi connectivity index (χ4n) is 3.16. The topological polar surface area (TPSA) is 58.0 Å². The Bertz CT molecular complexity index is 499. The molecule has 2 rings (SSSR count). The zero-order valence-electron chi connectivity index (χ0n) is 11.8. The van der Waals surface area contributed by atoms with E-state index in [9.17, 15) is 5.26 Å². The number of rotatable bonds is 3. The highest BCUT2D eigenvalue weighted by molar-refractivity contribution is 5.68. The number of piperidine rings is 1. The van der Waals surface area contributed by atoms with Crippen LogP contribution in [-0.2, 0) is 6.54 Å². The zero-order valence-corrected chi connectivity index (χ0v) is 11.8. The van der Waals surface area contributed by atoms with Crippen LogP contribution >= 0.6 is 0 Å². The van der Waals surface area contributed by atoms with Crippen molar-refractivity contribution in [3.8, 4) is 6.07 Å². The van der Waals surface area contributed by atoms with Gasteiger partial charge in [0.2, 0.25) is 0 Å². The van der Waals surface area contributed by atoms with Crippen LogP contribution in [0.15, 0.2) is 18.7 Å². The zero-order chi connectivity index (χ0) is 14.0. The van der Waals surface area contributed by atoms with Crippen LogP contribution in [0.1, 0.15) is 26.0 Å². The Hall–Kier alpha value is -1.89. The van der Waals surface area contributed by atoms with Gasteiger partial charge in [-0.1, -0.05) is 19.9 Å². The SMILES string of the molecule is C=CCn1c(C#N)cc(N)c1N1CC(C)CC(C)C1. The maximum atomic E-state index is 9.21. The fourth-order valence-corrected chi connectivity index (χ4v) is 3.16. The van der Waals surface area contributed by atoms with Crippen LogP contribution < -0.4 is 10.6 Å². The molecule has 2 heterocycles. The summed E-state index contributed by atoms with van der Waals surface area (Å²) in [4.78, 5) is 2.32. The minimum Gasteiger partial charge on any atom is -0.396 e. The third kappa shape index (κ3) is 2.60. The average Bonchev–Trinajstić information content (AvgIpc) is 2.65. The monoisotopic (exact) mass is 258 g/mol. The normalized spacial score (nSPS) is 23.1. The lowest BCUT2D eigenvalue weighted by Gasteiger charge is -2.37. The van der Waals surface area contributed by atoms with E-state index in [-0.39, 0.29) is 0 Å². The number of anilines is 2.